The van der Waals surface area contributed by atoms with E-state index in [9.17, 15) is 9.18 Å². The van der Waals surface area contributed by atoms with Crippen LogP contribution in [0.1, 0.15) is 0 Å². The Morgan fingerprint density at radius 3 is 3.23 bits per heavy atom. The number of amides is 1. The van der Waals surface area contributed by atoms with Crippen LogP contribution in [0.5, 0.6) is 0 Å². The van der Waals surface area contributed by atoms with Crippen LogP contribution in [0, 0.1) is 5.82 Å². The lowest BCUT2D eigenvalue weighted by atomic mass is 10.3. The van der Waals surface area contributed by atoms with Crippen molar-refractivity contribution >= 4 is 23.1 Å². The molecule has 0 fully saturated rings. The molecule has 0 radical (unpaired) electrons. The largest absolute Gasteiger partial charge is 0.344 e. The summed E-state index contributed by atoms with van der Waals surface area (Å²) in [5.41, 5.74) is 1.07. The van der Waals surface area contributed by atoms with Gasteiger partial charge >= 0.3 is 0 Å². The van der Waals surface area contributed by atoms with Crippen molar-refractivity contribution in [2.24, 2.45) is 0 Å². The molecule has 2 aromatic rings. The van der Waals surface area contributed by atoms with Crippen LogP contribution >= 0.6 is 0 Å². The standard InChI is InChI=1S/C8H6FN3O/c9-5-1-6-7(12-4-13)3-11-8(6)10-2-5/h1-4H,(H,10,11)(H,12,13). The molecule has 0 aliphatic rings. The Morgan fingerprint density at radius 1 is 1.62 bits per heavy atom. The molecule has 0 aliphatic carbocycles. The van der Waals surface area contributed by atoms with Gasteiger partial charge in [-0.15, -0.1) is 0 Å². The first-order valence-corrected chi connectivity index (χ1v) is 3.64. The third kappa shape index (κ3) is 1.24. The Kier molecular flexibility index (Phi) is 1.70. The van der Waals surface area contributed by atoms with Gasteiger partial charge in [0.1, 0.15) is 11.5 Å². The van der Waals surface area contributed by atoms with E-state index in [1.54, 1.807) is 6.20 Å². The summed E-state index contributed by atoms with van der Waals surface area (Å²) in [6.07, 6.45) is 3.21. The van der Waals surface area contributed by atoms with Crippen molar-refractivity contribution in [3.8, 4) is 0 Å². The van der Waals surface area contributed by atoms with E-state index in [-0.39, 0.29) is 0 Å². The van der Waals surface area contributed by atoms with E-state index in [4.69, 9.17) is 0 Å². The molecule has 0 aliphatic heterocycles. The number of fused-ring (bicyclic) bond motifs is 1. The molecule has 0 spiro atoms. The van der Waals surface area contributed by atoms with E-state index < -0.39 is 5.82 Å². The zero-order chi connectivity index (χ0) is 9.26. The second-order valence-corrected chi connectivity index (χ2v) is 2.51. The zero-order valence-corrected chi connectivity index (χ0v) is 6.54. The minimum absolute atomic E-state index is 0.430. The SMILES string of the molecule is O=CNc1c[nH]c2ncc(F)cc12. The highest BCUT2D eigenvalue weighted by Gasteiger charge is 2.04. The molecule has 0 saturated carbocycles. The molecule has 2 heterocycles. The number of H-pyrrole nitrogens is 1. The number of hydrogen-bond donors (Lipinski definition) is 2. The number of nitrogens with zero attached hydrogens (tertiary/aromatic N) is 1. The molecule has 0 atom stereocenters. The lowest BCUT2D eigenvalue weighted by Gasteiger charge is -1.93. The summed E-state index contributed by atoms with van der Waals surface area (Å²) < 4.78 is 12.7. The number of anilines is 1. The van der Waals surface area contributed by atoms with Crippen LogP contribution in [0.2, 0.25) is 0 Å². The van der Waals surface area contributed by atoms with Crippen molar-refractivity contribution in [3.05, 3.63) is 24.3 Å². The number of halogens is 1. The molecular weight excluding hydrogens is 173 g/mol. The summed E-state index contributed by atoms with van der Waals surface area (Å²) in [4.78, 5) is 16.8. The fraction of sp³-hybridized carbons (Fsp3) is 0. The zero-order valence-electron chi connectivity index (χ0n) is 6.54. The van der Waals surface area contributed by atoms with E-state index in [1.165, 1.54) is 6.07 Å². The molecule has 4 nitrogen and oxygen atoms in total. The number of aromatic nitrogens is 2. The minimum Gasteiger partial charge on any atom is -0.344 e. The number of nitrogens with one attached hydrogen (secondary N) is 2. The number of pyridine rings is 1. The average Bonchev–Trinajstić information content (AvgIpc) is 2.49. The Bertz CT molecular complexity index is 452. The number of carbonyl (C=O) groups excluding carboxylic acids is 1. The smallest absolute Gasteiger partial charge is 0.211 e. The van der Waals surface area contributed by atoms with Crippen molar-refractivity contribution < 1.29 is 9.18 Å². The van der Waals surface area contributed by atoms with Gasteiger partial charge in [0, 0.05) is 11.6 Å². The molecule has 0 bridgehead atoms. The molecule has 13 heavy (non-hydrogen) atoms. The monoisotopic (exact) mass is 179 g/mol. The van der Waals surface area contributed by atoms with Gasteiger partial charge in [-0.3, -0.25) is 4.79 Å². The van der Waals surface area contributed by atoms with Crippen molar-refractivity contribution in [2.75, 3.05) is 5.32 Å². The van der Waals surface area contributed by atoms with E-state index >= 15 is 0 Å². The summed E-state index contributed by atoms with van der Waals surface area (Å²) in [5.74, 6) is -0.430. The molecule has 5 heteroatoms. The van der Waals surface area contributed by atoms with Crippen LogP contribution in [0.3, 0.4) is 0 Å². The number of hydrogen-bond acceptors (Lipinski definition) is 2. The van der Waals surface area contributed by atoms with Crippen LogP contribution in [0.25, 0.3) is 11.0 Å². The van der Waals surface area contributed by atoms with E-state index in [1.807, 2.05) is 0 Å². The van der Waals surface area contributed by atoms with Crippen molar-refractivity contribution in [2.45, 2.75) is 0 Å². The van der Waals surface area contributed by atoms with Gasteiger partial charge in [-0.05, 0) is 6.07 Å². The third-order valence-corrected chi connectivity index (χ3v) is 1.71. The number of rotatable bonds is 2. The summed E-state index contributed by atoms with van der Waals surface area (Å²) in [6, 6.07) is 1.31. The van der Waals surface area contributed by atoms with Crippen molar-refractivity contribution in [1.82, 2.24) is 9.97 Å². The highest BCUT2D eigenvalue weighted by molar-refractivity contribution is 5.94. The molecule has 66 valence electrons. The van der Waals surface area contributed by atoms with Gasteiger partial charge in [-0.25, -0.2) is 9.37 Å². The van der Waals surface area contributed by atoms with Gasteiger partial charge in [0.05, 0.1) is 11.9 Å². The Hall–Kier alpha value is -1.91. The van der Waals surface area contributed by atoms with Gasteiger partial charge in [0.2, 0.25) is 6.41 Å². The first-order valence-electron chi connectivity index (χ1n) is 3.64. The highest BCUT2D eigenvalue weighted by Crippen LogP contribution is 2.21. The lowest BCUT2D eigenvalue weighted by Crippen LogP contribution is -1.91. The summed E-state index contributed by atoms with van der Waals surface area (Å²) >= 11 is 0. The van der Waals surface area contributed by atoms with Gasteiger partial charge in [-0.2, -0.15) is 0 Å². The highest BCUT2D eigenvalue weighted by atomic mass is 19.1. The van der Waals surface area contributed by atoms with Crippen LogP contribution in [0.4, 0.5) is 10.1 Å². The quantitative estimate of drug-likeness (QED) is 0.682. The molecule has 1 amide bonds. The Morgan fingerprint density at radius 2 is 2.46 bits per heavy atom. The molecule has 2 rings (SSSR count). The molecule has 0 unspecified atom stereocenters. The number of carbonyl (C=O) groups is 1. The fourth-order valence-corrected chi connectivity index (χ4v) is 1.16. The fourth-order valence-electron chi connectivity index (χ4n) is 1.16. The van der Waals surface area contributed by atoms with E-state index in [0.717, 1.165) is 6.20 Å². The normalized spacial score (nSPS) is 10.2. The second kappa shape index (κ2) is 2.85. The van der Waals surface area contributed by atoms with E-state index in [0.29, 0.717) is 23.1 Å². The van der Waals surface area contributed by atoms with Crippen LogP contribution < -0.4 is 5.32 Å². The summed E-state index contributed by atoms with van der Waals surface area (Å²) in [7, 11) is 0. The lowest BCUT2D eigenvalue weighted by molar-refractivity contribution is -0.105. The van der Waals surface area contributed by atoms with Crippen LogP contribution in [-0.2, 0) is 4.79 Å². The molecular formula is C8H6FN3O. The maximum absolute atomic E-state index is 12.7. The molecule has 2 N–H and O–H groups in total. The van der Waals surface area contributed by atoms with Crippen molar-refractivity contribution in [3.63, 3.8) is 0 Å². The predicted octanol–water partition coefficient (Wildman–Crippen LogP) is 1.27. The molecule has 0 saturated heterocycles. The van der Waals surface area contributed by atoms with Gasteiger partial charge in [0.15, 0.2) is 0 Å². The van der Waals surface area contributed by atoms with Crippen LogP contribution in [0.15, 0.2) is 18.5 Å². The Labute approximate surface area is 72.8 Å². The predicted molar refractivity (Wildman–Crippen MR) is 45.7 cm³/mol. The second-order valence-electron chi connectivity index (χ2n) is 2.51. The summed E-state index contributed by atoms with van der Waals surface area (Å²) in [6.45, 7) is 0. The van der Waals surface area contributed by atoms with Crippen molar-refractivity contribution in [1.29, 1.82) is 0 Å². The topological polar surface area (TPSA) is 57.8 Å². The molecule has 2 aromatic heterocycles. The van der Waals surface area contributed by atoms with Crippen LogP contribution in [-0.4, -0.2) is 16.4 Å². The summed E-state index contributed by atoms with van der Waals surface area (Å²) in [5, 5.41) is 3.00. The number of aromatic amines is 1. The average molecular weight is 179 g/mol. The van der Waals surface area contributed by atoms with Gasteiger partial charge < -0.3 is 10.3 Å². The maximum atomic E-state index is 12.7. The Balaban J connectivity index is 2.64. The third-order valence-electron chi connectivity index (χ3n) is 1.71. The van der Waals surface area contributed by atoms with Gasteiger partial charge in [0.25, 0.3) is 0 Å². The first kappa shape index (κ1) is 7.72. The van der Waals surface area contributed by atoms with E-state index in [2.05, 4.69) is 15.3 Å². The minimum atomic E-state index is -0.430. The van der Waals surface area contributed by atoms with Gasteiger partial charge in [-0.1, -0.05) is 0 Å². The first-order chi connectivity index (χ1) is 6.31. The maximum Gasteiger partial charge on any atom is 0.211 e. The molecule has 0 aromatic carbocycles.